The van der Waals surface area contributed by atoms with E-state index in [0.717, 1.165) is 16.3 Å². The molecule has 5 rings (SSSR count). The number of hydrogen-bond donors (Lipinski definition) is 1. The van der Waals surface area contributed by atoms with E-state index >= 15 is 0 Å². The maximum Gasteiger partial charge on any atom is 0.160 e. The van der Waals surface area contributed by atoms with E-state index in [1.165, 1.54) is 6.07 Å². The number of halogens is 1. The van der Waals surface area contributed by atoms with E-state index in [1.54, 1.807) is 36.8 Å². The van der Waals surface area contributed by atoms with Gasteiger partial charge in [-0.25, -0.2) is 19.3 Å². The van der Waals surface area contributed by atoms with Crippen LogP contribution in [-0.2, 0) is 0 Å². The third-order valence-electron chi connectivity index (χ3n) is 4.61. The van der Waals surface area contributed by atoms with Crippen LogP contribution in [0.15, 0.2) is 67.1 Å². The molecular weight excluding hydrogens is 355 g/mol. The van der Waals surface area contributed by atoms with Crippen molar-refractivity contribution in [2.24, 2.45) is 0 Å². The highest BCUT2D eigenvalue weighted by molar-refractivity contribution is 6.05. The highest BCUT2D eigenvalue weighted by atomic mass is 19.1. The van der Waals surface area contributed by atoms with E-state index in [9.17, 15) is 4.39 Å². The van der Waals surface area contributed by atoms with Crippen LogP contribution in [-0.4, -0.2) is 25.1 Å². The molecule has 5 aromatic rings. The first-order chi connectivity index (χ1) is 13.7. The van der Waals surface area contributed by atoms with Crippen molar-refractivity contribution in [3.8, 4) is 22.5 Å². The lowest BCUT2D eigenvalue weighted by molar-refractivity contribution is 0.631. The SMILES string of the molecule is Nc1nccc2c(-c3cc(-c4ccccc4F)nc4ncccc34)nncc12. The summed E-state index contributed by atoms with van der Waals surface area (Å²) in [6, 6.07) is 13.9. The molecule has 0 fully saturated rings. The first-order valence-corrected chi connectivity index (χ1v) is 8.59. The largest absolute Gasteiger partial charge is 0.383 e. The van der Waals surface area contributed by atoms with Gasteiger partial charge in [0.15, 0.2) is 5.65 Å². The minimum Gasteiger partial charge on any atom is -0.383 e. The summed E-state index contributed by atoms with van der Waals surface area (Å²) in [5.41, 5.74) is 8.73. The summed E-state index contributed by atoms with van der Waals surface area (Å²) in [7, 11) is 0. The zero-order valence-corrected chi connectivity index (χ0v) is 14.5. The van der Waals surface area contributed by atoms with Gasteiger partial charge in [-0.05, 0) is 36.4 Å². The molecule has 134 valence electrons. The van der Waals surface area contributed by atoms with Gasteiger partial charge in [-0.2, -0.15) is 5.10 Å². The van der Waals surface area contributed by atoms with Gasteiger partial charge in [-0.1, -0.05) is 12.1 Å². The van der Waals surface area contributed by atoms with Gasteiger partial charge in [0.2, 0.25) is 0 Å². The second kappa shape index (κ2) is 6.31. The molecule has 0 atom stereocenters. The maximum absolute atomic E-state index is 14.4. The van der Waals surface area contributed by atoms with Gasteiger partial charge in [-0.15, -0.1) is 5.10 Å². The van der Waals surface area contributed by atoms with Crippen LogP contribution in [0.25, 0.3) is 44.3 Å². The first kappa shape index (κ1) is 16.2. The van der Waals surface area contributed by atoms with Crippen molar-refractivity contribution in [3.05, 3.63) is 72.9 Å². The van der Waals surface area contributed by atoms with Crippen LogP contribution >= 0.6 is 0 Å². The summed E-state index contributed by atoms with van der Waals surface area (Å²) >= 11 is 0. The second-order valence-electron chi connectivity index (χ2n) is 6.26. The molecule has 0 radical (unpaired) electrons. The zero-order valence-electron chi connectivity index (χ0n) is 14.5. The van der Waals surface area contributed by atoms with Crippen molar-refractivity contribution in [1.82, 2.24) is 25.1 Å². The summed E-state index contributed by atoms with van der Waals surface area (Å²) in [5, 5.41) is 10.7. The number of nitrogens with zero attached hydrogens (tertiary/aromatic N) is 5. The third-order valence-corrected chi connectivity index (χ3v) is 4.61. The van der Waals surface area contributed by atoms with Crippen molar-refractivity contribution in [2.75, 3.05) is 5.73 Å². The van der Waals surface area contributed by atoms with E-state index < -0.39 is 0 Å². The molecule has 7 heteroatoms. The lowest BCUT2D eigenvalue weighted by Crippen LogP contribution is -1.98. The zero-order chi connectivity index (χ0) is 19.1. The van der Waals surface area contributed by atoms with E-state index in [4.69, 9.17) is 5.73 Å². The Labute approximate surface area is 158 Å². The molecule has 2 N–H and O–H groups in total. The van der Waals surface area contributed by atoms with Crippen molar-refractivity contribution in [3.63, 3.8) is 0 Å². The molecule has 1 aromatic carbocycles. The fourth-order valence-corrected chi connectivity index (χ4v) is 3.29. The molecule has 0 bridgehead atoms. The molecule has 0 saturated carbocycles. The van der Waals surface area contributed by atoms with Crippen LogP contribution in [0.4, 0.5) is 10.2 Å². The number of fused-ring (bicyclic) bond motifs is 2. The lowest BCUT2D eigenvalue weighted by Gasteiger charge is -2.11. The Morgan fingerprint density at radius 2 is 1.71 bits per heavy atom. The monoisotopic (exact) mass is 368 g/mol. The smallest absolute Gasteiger partial charge is 0.160 e. The van der Waals surface area contributed by atoms with Crippen LogP contribution in [0.5, 0.6) is 0 Å². The Balaban J connectivity index is 1.88. The minimum absolute atomic E-state index is 0.353. The van der Waals surface area contributed by atoms with E-state index in [1.807, 2.05) is 24.3 Å². The van der Waals surface area contributed by atoms with E-state index in [0.29, 0.717) is 33.8 Å². The number of nitrogens with two attached hydrogens (primary N) is 1. The Morgan fingerprint density at radius 1 is 0.821 bits per heavy atom. The highest BCUT2D eigenvalue weighted by Crippen LogP contribution is 2.34. The molecule has 0 aliphatic carbocycles. The molecular formula is C21H13FN6. The number of anilines is 1. The second-order valence-corrected chi connectivity index (χ2v) is 6.26. The predicted molar refractivity (Wildman–Crippen MR) is 106 cm³/mol. The van der Waals surface area contributed by atoms with Gasteiger partial charge >= 0.3 is 0 Å². The number of hydrogen-bond acceptors (Lipinski definition) is 6. The first-order valence-electron chi connectivity index (χ1n) is 8.59. The summed E-state index contributed by atoms with van der Waals surface area (Å²) in [6.07, 6.45) is 4.86. The van der Waals surface area contributed by atoms with Crippen LogP contribution < -0.4 is 5.73 Å². The van der Waals surface area contributed by atoms with Crippen LogP contribution in [0.1, 0.15) is 0 Å². The topological polar surface area (TPSA) is 90.5 Å². The molecule has 0 saturated heterocycles. The molecule has 4 aromatic heterocycles. The molecule has 0 spiro atoms. The van der Waals surface area contributed by atoms with Gasteiger partial charge in [0.05, 0.1) is 11.9 Å². The molecule has 0 aliphatic heterocycles. The minimum atomic E-state index is -0.353. The predicted octanol–water partition coefficient (Wildman–Crippen LogP) is 4.02. The lowest BCUT2D eigenvalue weighted by atomic mass is 10.0. The summed E-state index contributed by atoms with van der Waals surface area (Å²) in [5.74, 6) is 0.0214. The van der Waals surface area contributed by atoms with Crippen LogP contribution in [0.2, 0.25) is 0 Å². The molecule has 0 aliphatic rings. The Bertz CT molecular complexity index is 1350. The number of aromatic nitrogens is 5. The Morgan fingerprint density at radius 3 is 2.61 bits per heavy atom. The van der Waals surface area contributed by atoms with Gasteiger partial charge < -0.3 is 5.73 Å². The van der Waals surface area contributed by atoms with E-state index in [2.05, 4.69) is 25.1 Å². The van der Waals surface area contributed by atoms with Gasteiger partial charge in [0.25, 0.3) is 0 Å². The standard InChI is InChI=1S/C21H13FN6/c22-17-6-2-1-4-14(17)18-10-15(13-5-3-8-25-21(13)27-18)19-12-7-9-24-20(23)16(12)11-26-28-19/h1-11H,(H2,23,24). The summed E-state index contributed by atoms with van der Waals surface area (Å²) < 4.78 is 14.4. The third kappa shape index (κ3) is 2.52. The van der Waals surface area contributed by atoms with Crippen molar-refractivity contribution in [1.29, 1.82) is 0 Å². The maximum atomic E-state index is 14.4. The van der Waals surface area contributed by atoms with Gasteiger partial charge in [0.1, 0.15) is 17.3 Å². The van der Waals surface area contributed by atoms with Crippen LogP contribution in [0, 0.1) is 5.82 Å². The fourth-order valence-electron chi connectivity index (χ4n) is 3.29. The van der Waals surface area contributed by atoms with Crippen molar-refractivity contribution in [2.45, 2.75) is 0 Å². The molecule has 0 amide bonds. The average Bonchev–Trinajstić information content (AvgIpc) is 2.73. The number of nitrogen functional groups attached to an aromatic ring is 1. The number of rotatable bonds is 2. The average molecular weight is 368 g/mol. The van der Waals surface area contributed by atoms with Crippen molar-refractivity contribution >= 4 is 27.6 Å². The van der Waals surface area contributed by atoms with E-state index in [-0.39, 0.29) is 5.82 Å². The molecule has 0 unspecified atom stereocenters. The van der Waals surface area contributed by atoms with Gasteiger partial charge in [0, 0.05) is 39.7 Å². The van der Waals surface area contributed by atoms with Gasteiger partial charge in [-0.3, -0.25) is 0 Å². The number of pyridine rings is 3. The summed E-state index contributed by atoms with van der Waals surface area (Å²) in [4.78, 5) is 13.0. The summed E-state index contributed by atoms with van der Waals surface area (Å²) in [6.45, 7) is 0. The molecule has 28 heavy (non-hydrogen) atoms. The Kier molecular flexibility index (Phi) is 3.65. The molecule has 6 nitrogen and oxygen atoms in total. The van der Waals surface area contributed by atoms with Crippen molar-refractivity contribution < 1.29 is 4.39 Å². The van der Waals surface area contributed by atoms with Crippen LogP contribution in [0.3, 0.4) is 0 Å². The number of benzene rings is 1. The fraction of sp³-hybridized carbons (Fsp3) is 0. The Hall–Kier alpha value is -4.00. The normalized spacial score (nSPS) is 11.2. The molecule has 4 heterocycles. The highest BCUT2D eigenvalue weighted by Gasteiger charge is 2.16. The quantitative estimate of drug-likeness (QED) is 0.506.